The Balaban J connectivity index is 1.57. The Hall–Kier alpha value is -2.64. The van der Waals surface area contributed by atoms with E-state index in [4.69, 9.17) is 23.2 Å². The first-order valence-corrected chi connectivity index (χ1v) is 10.5. The summed E-state index contributed by atoms with van der Waals surface area (Å²) in [5, 5.41) is 13.3. The van der Waals surface area contributed by atoms with Crippen molar-refractivity contribution in [3.05, 3.63) is 68.7 Å². The zero-order valence-corrected chi connectivity index (χ0v) is 18.3. The van der Waals surface area contributed by atoms with Crippen molar-refractivity contribution < 1.29 is 0 Å². The van der Waals surface area contributed by atoms with E-state index in [2.05, 4.69) is 20.2 Å². The number of hydrogen-bond acceptors (Lipinski definition) is 6. The zero-order chi connectivity index (χ0) is 21.3. The molecule has 1 unspecified atom stereocenters. The molecule has 1 saturated heterocycles. The van der Waals surface area contributed by atoms with Gasteiger partial charge in [-0.15, -0.1) is 5.10 Å². The van der Waals surface area contributed by atoms with Crippen LogP contribution in [0.2, 0.25) is 10.0 Å². The first-order valence-electron chi connectivity index (χ1n) is 9.75. The van der Waals surface area contributed by atoms with Gasteiger partial charge in [-0.05, 0) is 49.6 Å². The maximum atomic E-state index is 12.9. The third-order valence-corrected chi connectivity index (χ3v) is 6.19. The average molecular weight is 445 g/mol. The van der Waals surface area contributed by atoms with Crippen molar-refractivity contribution in [3.8, 4) is 5.69 Å². The highest BCUT2D eigenvalue weighted by Crippen LogP contribution is 2.27. The molecule has 0 amide bonds. The topological polar surface area (TPSA) is 67.2 Å². The van der Waals surface area contributed by atoms with E-state index in [1.807, 2.05) is 37.1 Å². The number of hydrogen-bond donors (Lipinski definition) is 0. The summed E-state index contributed by atoms with van der Waals surface area (Å²) < 4.78 is 1.27. The van der Waals surface area contributed by atoms with Crippen LogP contribution in [0.25, 0.3) is 5.69 Å². The SMILES string of the molecule is Cc1ccc(-n2ncc(N(C)CC3CCCN3c3cccnn3)c(Cl)c2=O)cc1Cl. The predicted molar refractivity (Wildman–Crippen MR) is 120 cm³/mol. The maximum Gasteiger partial charge on any atom is 0.292 e. The minimum Gasteiger partial charge on any atom is -0.370 e. The number of nitrogens with zero attached hydrogens (tertiary/aromatic N) is 6. The lowest BCUT2D eigenvalue weighted by atomic mass is 10.2. The van der Waals surface area contributed by atoms with Gasteiger partial charge in [0, 0.05) is 37.4 Å². The van der Waals surface area contributed by atoms with Gasteiger partial charge in [-0.2, -0.15) is 14.9 Å². The number of anilines is 2. The maximum absolute atomic E-state index is 12.9. The lowest BCUT2D eigenvalue weighted by molar-refractivity contribution is 0.644. The molecule has 30 heavy (non-hydrogen) atoms. The molecule has 0 bridgehead atoms. The highest BCUT2D eigenvalue weighted by molar-refractivity contribution is 6.33. The van der Waals surface area contributed by atoms with Crippen molar-refractivity contribution in [2.45, 2.75) is 25.8 Å². The quantitative estimate of drug-likeness (QED) is 0.596. The molecule has 0 N–H and O–H groups in total. The number of benzene rings is 1. The molecule has 0 spiro atoms. The molecule has 0 saturated carbocycles. The second-order valence-corrected chi connectivity index (χ2v) is 8.23. The normalized spacial score (nSPS) is 16.1. The van der Waals surface area contributed by atoms with E-state index in [1.54, 1.807) is 24.5 Å². The van der Waals surface area contributed by atoms with E-state index < -0.39 is 0 Å². The van der Waals surface area contributed by atoms with Crippen LogP contribution in [-0.4, -0.2) is 46.2 Å². The Morgan fingerprint density at radius 2 is 2.10 bits per heavy atom. The molecule has 3 aromatic rings. The van der Waals surface area contributed by atoms with Crippen LogP contribution in [0.15, 0.2) is 47.5 Å². The van der Waals surface area contributed by atoms with Gasteiger partial charge in [0.15, 0.2) is 5.82 Å². The van der Waals surface area contributed by atoms with Crippen LogP contribution in [0.4, 0.5) is 11.5 Å². The minimum absolute atomic E-state index is 0.133. The fourth-order valence-corrected chi connectivity index (χ4v) is 4.22. The summed E-state index contributed by atoms with van der Waals surface area (Å²) in [6.45, 7) is 3.53. The average Bonchev–Trinajstić information content (AvgIpc) is 3.20. The zero-order valence-electron chi connectivity index (χ0n) is 16.8. The summed E-state index contributed by atoms with van der Waals surface area (Å²) in [5.41, 5.74) is 1.73. The van der Waals surface area contributed by atoms with E-state index in [-0.39, 0.29) is 16.6 Å². The molecular weight excluding hydrogens is 423 g/mol. The molecule has 1 aliphatic heterocycles. The molecule has 1 fully saturated rings. The largest absolute Gasteiger partial charge is 0.370 e. The monoisotopic (exact) mass is 444 g/mol. The van der Waals surface area contributed by atoms with Crippen molar-refractivity contribution >= 4 is 34.7 Å². The van der Waals surface area contributed by atoms with E-state index in [9.17, 15) is 4.79 Å². The molecule has 1 aromatic carbocycles. The van der Waals surface area contributed by atoms with Crippen LogP contribution >= 0.6 is 23.2 Å². The van der Waals surface area contributed by atoms with Crippen LogP contribution in [-0.2, 0) is 0 Å². The molecule has 1 atom stereocenters. The number of aromatic nitrogens is 4. The van der Waals surface area contributed by atoms with Gasteiger partial charge < -0.3 is 9.80 Å². The molecule has 1 aliphatic rings. The fourth-order valence-electron chi connectivity index (χ4n) is 3.78. The number of rotatable bonds is 5. The third kappa shape index (κ3) is 4.00. The number of aryl methyl sites for hydroxylation is 1. The van der Waals surface area contributed by atoms with E-state index in [0.29, 0.717) is 22.9 Å². The molecular formula is C21H22Cl2N6O. The van der Waals surface area contributed by atoms with Crippen LogP contribution in [0, 0.1) is 6.92 Å². The first kappa shape index (κ1) is 20.6. The molecule has 9 heteroatoms. The highest BCUT2D eigenvalue weighted by atomic mass is 35.5. The molecule has 0 aliphatic carbocycles. The van der Waals surface area contributed by atoms with Crippen LogP contribution in [0.5, 0.6) is 0 Å². The van der Waals surface area contributed by atoms with Gasteiger partial charge >= 0.3 is 0 Å². The van der Waals surface area contributed by atoms with Crippen molar-refractivity contribution in [3.63, 3.8) is 0 Å². The first-order chi connectivity index (χ1) is 14.5. The Morgan fingerprint density at radius 3 is 2.83 bits per heavy atom. The van der Waals surface area contributed by atoms with Crippen molar-refractivity contribution in [2.75, 3.05) is 29.9 Å². The highest BCUT2D eigenvalue weighted by Gasteiger charge is 2.28. The Labute approximate surface area is 184 Å². The third-order valence-electron chi connectivity index (χ3n) is 5.43. The van der Waals surface area contributed by atoms with Gasteiger partial charge in [-0.25, -0.2) is 0 Å². The molecule has 156 valence electrons. The summed E-state index contributed by atoms with van der Waals surface area (Å²) in [7, 11) is 1.92. The van der Waals surface area contributed by atoms with Crippen LogP contribution in [0.3, 0.4) is 0 Å². The second-order valence-electron chi connectivity index (χ2n) is 7.45. The van der Waals surface area contributed by atoms with Crippen LogP contribution < -0.4 is 15.4 Å². The Morgan fingerprint density at radius 1 is 1.27 bits per heavy atom. The van der Waals surface area contributed by atoms with Gasteiger partial charge in [0.25, 0.3) is 5.56 Å². The number of likely N-dealkylation sites (N-methyl/N-ethyl adjacent to an activating group) is 1. The van der Waals surface area contributed by atoms with E-state index in [1.165, 1.54) is 4.68 Å². The minimum atomic E-state index is -0.377. The lowest BCUT2D eigenvalue weighted by Gasteiger charge is -2.30. The molecule has 7 nitrogen and oxygen atoms in total. The fraction of sp³-hybridized carbons (Fsp3) is 0.333. The summed E-state index contributed by atoms with van der Waals surface area (Å²) in [6.07, 6.45) is 5.41. The number of halogens is 2. The van der Waals surface area contributed by atoms with Crippen LogP contribution in [0.1, 0.15) is 18.4 Å². The van der Waals surface area contributed by atoms with Gasteiger partial charge in [0.1, 0.15) is 5.02 Å². The molecule has 3 heterocycles. The standard InChI is InChI=1S/C21H22Cl2N6O/c1-14-7-8-15(11-17(14)22)29-21(30)20(23)18(12-25-29)27(2)13-16-5-4-10-28(16)19-6-3-9-24-26-19/h3,6-9,11-12,16H,4-5,10,13H2,1-2H3. The Bertz CT molecular complexity index is 1100. The summed E-state index contributed by atoms with van der Waals surface area (Å²) >= 11 is 12.7. The summed E-state index contributed by atoms with van der Waals surface area (Å²) in [6, 6.07) is 9.46. The van der Waals surface area contributed by atoms with Gasteiger partial charge in [0.2, 0.25) is 0 Å². The lowest BCUT2D eigenvalue weighted by Crippen LogP contribution is -2.40. The van der Waals surface area contributed by atoms with E-state index in [0.717, 1.165) is 30.8 Å². The van der Waals surface area contributed by atoms with Gasteiger partial charge in [-0.3, -0.25) is 4.79 Å². The molecule has 4 rings (SSSR count). The van der Waals surface area contributed by atoms with Gasteiger partial charge in [0.05, 0.1) is 17.6 Å². The predicted octanol–water partition coefficient (Wildman–Crippen LogP) is 3.74. The van der Waals surface area contributed by atoms with Gasteiger partial charge in [-0.1, -0.05) is 29.3 Å². The van der Waals surface area contributed by atoms with Crippen molar-refractivity contribution in [2.24, 2.45) is 0 Å². The summed E-state index contributed by atoms with van der Waals surface area (Å²) in [4.78, 5) is 17.1. The van der Waals surface area contributed by atoms with Crippen molar-refractivity contribution in [1.82, 2.24) is 20.0 Å². The molecule has 2 aromatic heterocycles. The van der Waals surface area contributed by atoms with E-state index >= 15 is 0 Å². The molecule has 0 radical (unpaired) electrons. The smallest absolute Gasteiger partial charge is 0.292 e. The Kier molecular flexibility index (Phi) is 5.92. The van der Waals surface area contributed by atoms with Crippen molar-refractivity contribution in [1.29, 1.82) is 0 Å². The summed E-state index contributed by atoms with van der Waals surface area (Å²) in [5.74, 6) is 0.865. The second kappa shape index (κ2) is 8.62.